The van der Waals surface area contributed by atoms with E-state index < -0.39 is 0 Å². The van der Waals surface area contributed by atoms with Gasteiger partial charge in [-0.3, -0.25) is 14.8 Å². The lowest BCUT2D eigenvalue weighted by molar-refractivity contribution is -0.115. The lowest BCUT2D eigenvalue weighted by Crippen LogP contribution is -2.32. The predicted molar refractivity (Wildman–Crippen MR) is 114 cm³/mol. The van der Waals surface area contributed by atoms with Crippen LogP contribution in [0, 0.1) is 13.8 Å². The molecule has 0 aliphatic rings. The van der Waals surface area contributed by atoms with Gasteiger partial charge in [-0.2, -0.15) is 5.10 Å². The van der Waals surface area contributed by atoms with Gasteiger partial charge in [0.2, 0.25) is 5.91 Å². The van der Waals surface area contributed by atoms with Crippen LogP contribution in [0.3, 0.4) is 0 Å². The van der Waals surface area contributed by atoms with Gasteiger partial charge in [-0.15, -0.1) is 0 Å². The number of carbonyl (C=O) groups is 1. The van der Waals surface area contributed by atoms with E-state index in [-0.39, 0.29) is 11.0 Å². The fraction of sp³-hybridized carbons (Fsp3) is 0.190. The Labute approximate surface area is 169 Å². The van der Waals surface area contributed by atoms with Gasteiger partial charge < -0.3 is 9.73 Å². The average Bonchev–Trinajstić information content (AvgIpc) is 3.25. The highest BCUT2D eigenvalue weighted by Crippen LogP contribution is 2.18. The van der Waals surface area contributed by atoms with Crippen LogP contribution in [-0.4, -0.2) is 20.8 Å². The molecule has 0 bridgehead atoms. The Kier molecular flexibility index (Phi) is 6.06. The lowest BCUT2D eigenvalue weighted by Gasteiger charge is -2.09. The van der Waals surface area contributed by atoms with Gasteiger partial charge in [0.25, 0.3) is 0 Å². The number of aryl methyl sites for hydroxylation is 2. The minimum Gasteiger partial charge on any atom is -0.465 e. The monoisotopic (exact) mass is 394 g/mol. The molecule has 7 heteroatoms. The third-order valence-electron chi connectivity index (χ3n) is 4.43. The molecule has 0 aliphatic heterocycles. The smallest absolute Gasteiger partial charge is 0.250 e. The summed E-state index contributed by atoms with van der Waals surface area (Å²) in [6.45, 7) is 4.10. The summed E-state index contributed by atoms with van der Waals surface area (Å²) in [7, 11) is 1.96. The summed E-state index contributed by atoms with van der Waals surface area (Å²) < 4.78 is 7.04. The summed E-state index contributed by atoms with van der Waals surface area (Å²) in [6, 6.07) is 11.5. The number of rotatable bonds is 5. The standard InChI is InChI=1S/C21H22N4O2S/c1-14-19(15(2)25(3)24-14)13-16-6-8-17(9-7-16)22-21(28)23-20(26)11-10-18-5-4-12-27-18/h4-12H,13H2,1-3H3,(H2,22,23,26,28)/b11-10+. The van der Waals surface area contributed by atoms with E-state index in [9.17, 15) is 4.79 Å². The maximum Gasteiger partial charge on any atom is 0.250 e. The summed E-state index contributed by atoms with van der Waals surface area (Å²) in [4.78, 5) is 11.9. The molecule has 2 N–H and O–H groups in total. The average molecular weight is 395 g/mol. The van der Waals surface area contributed by atoms with Crippen molar-refractivity contribution >= 4 is 35.0 Å². The summed E-state index contributed by atoms with van der Waals surface area (Å²) in [5.41, 5.74) is 5.46. The van der Waals surface area contributed by atoms with Crippen molar-refractivity contribution in [3.05, 3.63) is 77.0 Å². The Morgan fingerprint density at radius 3 is 2.61 bits per heavy atom. The number of thiocarbonyl (C=S) groups is 1. The molecule has 1 amide bonds. The van der Waals surface area contributed by atoms with Gasteiger partial charge in [0.15, 0.2) is 5.11 Å². The molecule has 2 heterocycles. The van der Waals surface area contributed by atoms with Crippen LogP contribution in [0.4, 0.5) is 5.69 Å². The van der Waals surface area contributed by atoms with Crippen molar-refractivity contribution in [1.29, 1.82) is 0 Å². The number of anilines is 1. The first-order chi connectivity index (χ1) is 13.4. The van der Waals surface area contributed by atoms with E-state index in [1.165, 1.54) is 22.9 Å². The van der Waals surface area contributed by atoms with E-state index >= 15 is 0 Å². The van der Waals surface area contributed by atoms with Gasteiger partial charge in [0.1, 0.15) is 5.76 Å². The van der Waals surface area contributed by atoms with Crippen LogP contribution in [0.5, 0.6) is 0 Å². The maximum atomic E-state index is 11.9. The number of aromatic nitrogens is 2. The zero-order chi connectivity index (χ0) is 20.1. The van der Waals surface area contributed by atoms with Crippen LogP contribution >= 0.6 is 12.2 Å². The molecule has 0 saturated heterocycles. The molecular weight excluding hydrogens is 372 g/mol. The molecule has 28 heavy (non-hydrogen) atoms. The van der Waals surface area contributed by atoms with Gasteiger partial charge in [-0.1, -0.05) is 12.1 Å². The number of nitrogens with one attached hydrogen (secondary N) is 2. The topological polar surface area (TPSA) is 72.1 Å². The van der Waals surface area contributed by atoms with Crippen molar-refractivity contribution in [2.24, 2.45) is 7.05 Å². The number of nitrogens with zero attached hydrogens (tertiary/aromatic N) is 2. The minimum atomic E-state index is -0.326. The largest absolute Gasteiger partial charge is 0.465 e. The van der Waals surface area contributed by atoms with Crippen LogP contribution in [0.15, 0.2) is 53.2 Å². The predicted octanol–water partition coefficient (Wildman–Crippen LogP) is 3.75. The second kappa shape index (κ2) is 8.67. The normalized spacial score (nSPS) is 11.0. The zero-order valence-corrected chi connectivity index (χ0v) is 16.8. The molecule has 0 radical (unpaired) electrons. The van der Waals surface area contributed by atoms with Crippen LogP contribution in [0.1, 0.15) is 28.3 Å². The Balaban J connectivity index is 1.55. The summed E-state index contributed by atoms with van der Waals surface area (Å²) >= 11 is 5.19. The molecule has 0 fully saturated rings. The second-order valence-electron chi connectivity index (χ2n) is 6.44. The molecule has 0 saturated carbocycles. The van der Waals surface area contributed by atoms with Gasteiger partial charge >= 0.3 is 0 Å². The molecular formula is C21H22N4O2S. The third kappa shape index (κ3) is 4.95. The summed E-state index contributed by atoms with van der Waals surface area (Å²) in [5, 5.41) is 10.3. The van der Waals surface area contributed by atoms with Gasteiger partial charge in [0, 0.05) is 36.5 Å². The summed E-state index contributed by atoms with van der Waals surface area (Å²) in [6.07, 6.45) is 5.32. The van der Waals surface area contributed by atoms with Crippen molar-refractivity contribution in [2.75, 3.05) is 5.32 Å². The highest BCUT2D eigenvalue weighted by Gasteiger charge is 2.10. The van der Waals surface area contributed by atoms with Crippen LogP contribution < -0.4 is 10.6 Å². The molecule has 3 aromatic rings. The Bertz CT molecular complexity index is 1000. The number of hydrogen-bond acceptors (Lipinski definition) is 4. The summed E-state index contributed by atoms with van der Waals surface area (Å²) in [5.74, 6) is 0.275. The highest BCUT2D eigenvalue weighted by molar-refractivity contribution is 7.80. The molecule has 1 aromatic carbocycles. The van der Waals surface area contributed by atoms with Crippen molar-refractivity contribution in [2.45, 2.75) is 20.3 Å². The van der Waals surface area contributed by atoms with Crippen LogP contribution in [-0.2, 0) is 18.3 Å². The first-order valence-electron chi connectivity index (χ1n) is 8.84. The second-order valence-corrected chi connectivity index (χ2v) is 6.85. The number of hydrogen-bond donors (Lipinski definition) is 2. The van der Waals surface area contributed by atoms with E-state index in [1.54, 1.807) is 24.5 Å². The number of benzene rings is 1. The van der Waals surface area contributed by atoms with E-state index in [2.05, 4.69) is 22.7 Å². The van der Waals surface area contributed by atoms with Crippen LogP contribution in [0.25, 0.3) is 6.08 Å². The Hall–Kier alpha value is -3.19. The van der Waals surface area contributed by atoms with Crippen molar-refractivity contribution in [3.8, 4) is 0 Å². The van der Waals surface area contributed by atoms with Crippen LogP contribution in [0.2, 0.25) is 0 Å². The number of furan rings is 1. The Morgan fingerprint density at radius 1 is 1.25 bits per heavy atom. The molecule has 6 nitrogen and oxygen atoms in total. The SMILES string of the molecule is Cc1nn(C)c(C)c1Cc1ccc(NC(=S)NC(=O)/C=C/c2ccco2)cc1. The Morgan fingerprint density at radius 2 is 2.00 bits per heavy atom. The fourth-order valence-electron chi connectivity index (χ4n) is 2.84. The minimum absolute atomic E-state index is 0.237. The van der Waals surface area contributed by atoms with E-state index in [0.717, 1.165) is 17.8 Å². The number of carbonyl (C=O) groups excluding carboxylic acids is 1. The molecule has 0 unspecified atom stereocenters. The van der Waals surface area contributed by atoms with E-state index in [0.29, 0.717) is 5.76 Å². The van der Waals surface area contributed by atoms with Crippen molar-refractivity contribution in [3.63, 3.8) is 0 Å². The maximum absolute atomic E-state index is 11.9. The van der Waals surface area contributed by atoms with Crippen molar-refractivity contribution < 1.29 is 9.21 Å². The molecule has 0 atom stereocenters. The first-order valence-corrected chi connectivity index (χ1v) is 9.25. The molecule has 3 rings (SSSR count). The third-order valence-corrected chi connectivity index (χ3v) is 4.63. The van der Waals surface area contributed by atoms with E-state index in [1.807, 2.05) is 42.9 Å². The highest BCUT2D eigenvalue weighted by atomic mass is 32.1. The van der Waals surface area contributed by atoms with Gasteiger partial charge in [-0.05, 0) is 62.0 Å². The molecule has 0 spiro atoms. The molecule has 2 aromatic heterocycles. The van der Waals surface area contributed by atoms with Gasteiger partial charge in [0.05, 0.1) is 12.0 Å². The quantitative estimate of drug-likeness (QED) is 0.509. The van der Waals surface area contributed by atoms with Gasteiger partial charge in [-0.25, -0.2) is 0 Å². The molecule has 144 valence electrons. The lowest BCUT2D eigenvalue weighted by atomic mass is 10.0. The fourth-order valence-corrected chi connectivity index (χ4v) is 3.06. The van der Waals surface area contributed by atoms with E-state index in [4.69, 9.17) is 16.6 Å². The van der Waals surface area contributed by atoms with Crippen molar-refractivity contribution in [1.82, 2.24) is 15.1 Å². The first kappa shape index (κ1) is 19.6. The zero-order valence-electron chi connectivity index (χ0n) is 16.0. The number of amides is 1. The molecule has 0 aliphatic carbocycles.